The summed E-state index contributed by atoms with van der Waals surface area (Å²) in [5.74, 6) is 0.615. The Hall–Kier alpha value is -1.62. The highest BCUT2D eigenvalue weighted by Crippen LogP contribution is 2.20. The minimum Gasteiger partial charge on any atom is -0.357 e. The van der Waals surface area contributed by atoms with E-state index >= 15 is 0 Å². The third kappa shape index (κ3) is 6.47. The first-order chi connectivity index (χ1) is 12.9. The van der Waals surface area contributed by atoms with Gasteiger partial charge in [0.05, 0.1) is 18.6 Å². The number of hydrogen-bond donors (Lipinski definition) is 2. The van der Waals surface area contributed by atoms with Gasteiger partial charge in [-0.05, 0) is 25.0 Å². The van der Waals surface area contributed by atoms with Crippen LogP contribution in [0.5, 0.6) is 0 Å². The lowest BCUT2D eigenvalue weighted by Gasteiger charge is -2.19. The maximum atomic E-state index is 12.5. The Bertz CT molecular complexity index is 791. The molecule has 1 saturated heterocycles. The van der Waals surface area contributed by atoms with Crippen molar-refractivity contribution in [2.24, 2.45) is 4.99 Å². The van der Waals surface area contributed by atoms with Crippen LogP contribution in [0.2, 0.25) is 0 Å². The van der Waals surface area contributed by atoms with Crippen molar-refractivity contribution < 1.29 is 13.2 Å². The summed E-state index contributed by atoms with van der Waals surface area (Å²) in [5, 5.41) is 7.49. The Kier molecular flexibility index (Phi) is 8.29. The van der Waals surface area contributed by atoms with Gasteiger partial charge in [0.15, 0.2) is 5.96 Å². The van der Waals surface area contributed by atoms with Crippen LogP contribution >= 0.6 is 24.0 Å². The Morgan fingerprint density at radius 2 is 2.07 bits per heavy atom. The van der Waals surface area contributed by atoms with Crippen LogP contribution in [-0.4, -0.2) is 54.2 Å². The van der Waals surface area contributed by atoms with E-state index in [0.717, 1.165) is 16.5 Å². The van der Waals surface area contributed by atoms with Crippen LogP contribution in [0.4, 0.5) is 13.2 Å². The number of nitrogens with one attached hydrogen (secondary N) is 2. The van der Waals surface area contributed by atoms with Crippen LogP contribution < -0.4 is 10.6 Å². The first kappa shape index (κ1) is 22.7. The number of aliphatic imine (C=N–C) groups is 1. The normalized spacial score (nSPS) is 18.1. The van der Waals surface area contributed by atoms with E-state index in [0.29, 0.717) is 38.6 Å². The molecule has 0 saturated carbocycles. The number of hydrogen-bond acceptors (Lipinski definition) is 3. The molecule has 5 nitrogen and oxygen atoms in total. The van der Waals surface area contributed by atoms with Crippen LogP contribution in [0.15, 0.2) is 41.5 Å². The van der Waals surface area contributed by atoms with E-state index in [-0.39, 0.29) is 30.0 Å². The van der Waals surface area contributed by atoms with Crippen molar-refractivity contribution in [1.82, 2.24) is 20.5 Å². The molecule has 1 aromatic carbocycles. The van der Waals surface area contributed by atoms with Crippen LogP contribution in [0.3, 0.4) is 0 Å². The smallest absolute Gasteiger partial charge is 0.357 e. The molecule has 3 rings (SSSR count). The molecular formula is C19H25F3IN5. The number of rotatable bonds is 5. The van der Waals surface area contributed by atoms with Gasteiger partial charge in [0.2, 0.25) is 0 Å². The molecule has 28 heavy (non-hydrogen) atoms. The number of likely N-dealkylation sites (tertiary alicyclic amines) is 1. The lowest BCUT2D eigenvalue weighted by molar-refractivity contribution is -0.143. The van der Waals surface area contributed by atoms with Crippen LogP contribution in [-0.2, 0) is 6.54 Å². The molecule has 2 heterocycles. The van der Waals surface area contributed by atoms with E-state index < -0.39 is 12.7 Å². The number of alkyl halides is 3. The van der Waals surface area contributed by atoms with E-state index in [4.69, 9.17) is 0 Å². The van der Waals surface area contributed by atoms with Crippen molar-refractivity contribution >= 4 is 40.8 Å². The van der Waals surface area contributed by atoms with Crippen LogP contribution in [0, 0.1) is 0 Å². The summed E-state index contributed by atoms with van der Waals surface area (Å²) < 4.78 is 37.6. The summed E-state index contributed by atoms with van der Waals surface area (Å²) in [4.78, 5) is 10.5. The molecule has 0 amide bonds. The van der Waals surface area contributed by atoms with Gasteiger partial charge in [0.1, 0.15) is 0 Å². The van der Waals surface area contributed by atoms with Crippen molar-refractivity contribution in [1.29, 1.82) is 0 Å². The number of nitrogens with zero attached hydrogens (tertiary/aromatic N) is 3. The second-order valence-electron chi connectivity index (χ2n) is 6.67. The minimum absolute atomic E-state index is 0. The molecule has 1 unspecified atom stereocenters. The Balaban J connectivity index is 0.00000280. The van der Waals surface area contributed by atoms with E-state index in [1.807, 2.05) is 37.3 Å². The number of para-hydroxylation sites is 1. The first-order valence-corrected chi connectivity index (χ1v) is 9.11. The average Bonchev–Trinajstić information content (AvgIpc) is 3.04. The van der Waals surface area contributed by atoms with Crippen molar-refractivity contribution in [3.05, 3.63) is 42.1 Å². The van der Waals surface area contributed by atoms with E-state index in [9.17, 15) is 13.2 Å². The Morgan fingerprint density at radius 1 is 1.29 bits per heavy atom. The third-order valence-electron chi connectivity index (χ3n) is 4.48. The fourth-order valence-corrected chi connectivity index (χ4v) is 3.32. The Labute approximate surface area is 179 Å². The summed E-state index contributed by atoms with van der Waals surface area (Å²) in [6.45, 7) is 3.02. The standard InChI is InChI=1S/C19H24F3N5.HI/c1-2-23-18(26-16-8-10-27(12-16)13-19(20,21)22)25-11-15-6-3-5-14-7-4-9-24-17(14)15;/h3-7,9,16H,2,8,10-13H2,1H3,(H2,23,25,26);1H. The fourth-order valence-electron chi connectivity index (χ4n) is 3.32. The molecule has 1 aliphatic rings. The van der Waals surface area contributed by atoms with E-state index in [2.05, 4.69) is 20.6 Å². The topological polar surface area (TPSA) is 52.6 Å². The highest BCUT2D eigenvalue weighted by atomic mass is 127. The van der Waals surface area contributed by atoms with Crippen molar-refractivity contribution in [3.63, 3.8) is 0 Å². The third-order valence-corrected chi connectivity index (χ3v) is 4.48. The predicted octanol–water partition coefficient (Wildman–Crippen LogP) is 3.54. The molecule has 2 aromatic rings. The van der Waals surface area contributed by atoms with E-state index in [1.54, 1.807) is 6.20 Å². The number of aromatic nitrogens is 1. The SMILES string of the molecule is CCNC(=NCc1cccc2cccnc12)NC1CCN(CC(F)(F)F)C1.I. The molecule has 0 aliphatic carbocycles. The number of halogens is 4. The Morgan fingerprint density at radius 3 is 2.82 bits per heavy atom. The van der Waals surface area contributed by atoms with Crippen molar-refractivity contribution in [3.8, 4) is 0 Å². The molecule has 0 bridgehead atoms. The molecule has 154 valence electrons. The summed E-state index contributed by atoms with van der Waals surface area (Å²) in [7, 11) is 0. The monoisotopic (exact) mass is 507 g/mol. The summed E-state index contributed by atoms with van der Waals surface area (Å²) in [6.07, 6.45) is -1.74. The maximum absolute atomic E-state index is 12.5. The van der Waals surface area contributed by atoms with Gasteiger partial charge in [0, 0.05) is 37.3 Å². The van der Waals surface area contributed by atoms with E-state index in [1.165, 1.54) is 4.90 Å². The highest BCUT2D eigenvalue weighted by molar-refractivity contribution is 14.0. The van der Waals surface area contributed by atoms with Crippen molar-refractivity contribution in [2.75, 3.05) is 26.2 Å². The molecule has 0 spiro atoms. The van der Waals surface area contributed by atoms with Gasteiger partial charge in [-0.15, -0.1) is 24.0 Å². The van der Waals surface area contributed by atoms with Gasteiger partial charge in [-0.2, -0.15) is 13.2 Å². The van der Waals surface area contributed by atoms with Gasteiger partial charge < -0.3 is 10.6 Å². The minimum atomic E-state index is -4.16. The number of guanidine groups is 1. The molecule has 1 atom stereocenters. The zero-order valence-corrected chi connectivity index (χ0v) is 18.0. The van der Waals surface area contributed by atoms with Gasteiger partial charge in [-0.1, -0.05) is 24.3 Å². The van der Waals surface area contributed by atoms with Crippen LogP contribution in [0.1, 0.15) is 18.9 Å². The van der Waals surface area contributed by atoms with Gasteiger partial charge in [-0.25, -0.2) is 4.99 Å². The molecular weight excluding hydrogens is 482 g/mol. The highest BCUT2D eigenvalue weighted by Gasteiger charge is 2.34. The zero-order chi connectivity index (χ0) is 19.3. The molecule has 0 radical (unpaired) electrons. The summed E-state index contributed by atoms with van der Waals surface area (Å²) >= 11 is 0. The molecule has 1 aliphatic heterocycles. The maximum Gasteiger partial charge on any atom is 0.401 e. The van der Waals surface area contributed by atoms with Crippen molar-refractivity contribution in [2.45, 2.75) is 32.1 Å². The van der Waals surface area contributed by atoms with Gasteiger partial charge in [-0.3, -0.25) is 9.88 Å². The largest absolute Gasteiger partial charge is 0.401 e. The molecule has 1 fully saturated rings. The second kappa shape index (κ2) is 10.2. The quantitative estimate of drug-likeness (QED) is 0.370. The fraction of sp³-hybridized carbons (Fsp3) is 0.474. The summed E-state index contributed by atoms with van der Waals surface area (Å²) in [6, 6.07) is 9.83. The average molecular weight is 507 g/mol. The summed E-state index contributed by atoms with van der Waals surface area (Å²) in [5.41, 5.74) is 1.92. The zero-order valence-electron chi connectivity index (χ0n) is 15.7. The molecule has 9 heteroatoms. The number of benzene rings is 1. The van der Waals surface area contributed by atoms with Gasteiger partial charge >= 0.3 is 6.18 Å². The lowest BCUT2D eigenvalue weighted by atomic mass is 10.1. The molecule has 2 N–H and O–H groups in total. The first-order valence-electron chi connectivity index (χ1n) is 9.11. The number of fused-ring (bicyclic) bond motifs is 1. The van der Waals surface area contributed by atoms with Crippen LogP contribution in [0.25, 0.3) is 10.9 Å². The molecule has 1 aromatic heterocycles. The second-order valence-corrected chi connectivity index (χ2v) is 6.67. The van der Waals surface area contributed by atoms with Gasteiger partial charge in [0.25, 0.3) is 0 Å². The lowest BCUT2D eigenvalue weighted by Crippen LogP contribution is -2.45. The predicted molar refractivity (Wildman–Crippen MR) is 116 cm³/mol. The number of pyridine rings is 1.